The number of hydrogen-bond acceptors (Lipinski definition) is 10. The molecule has 0 bridgehead atoms. The number of hydrogen-bond donors (Lipinski definition) is 0. The van der Waals surface area contributed by atoms with Gasteiger partial charge in [-0.1, -0.05) is 127 Å². The van der Waals surface area contributed by atoms with Gasteiger partial charge in [0.2, 0.25) is 10.2 Å². The van der Waals surface area contributed by atoms with Crippen LogP contribution in [0.25, 0.3) is 0 Å². The highest BCUT2D eigenvalue weighted by molar-refractivity contribution is 8.15. The number of fused-ring (bicyclic) bond motifs is 3. The maximum atomic E-state index is 14.5. The van der Waals surface area contributed by atoms with Crippen molar-refractivity contribution in [3.8, 4) is 0 Å². The monoisotopic (exact) mass is 1180 g/mol. The molecule has 1 saturated heterocycles. The summed E-state index contributed by atoms with van der Waals surface area (Å²) in [6.07, 6.45) is 18.9. The first kappa shape index (κ1) is 60.6. The number of halogens is 4. The molecule has 0 amide bonds. The van der Waals surface area contributed by atoms with Gasteiger partial charge in [0, 0.05) is 87.7 Å². The number of rotatable bonds is 14. The lowest BCUT2D eigenvalue weighted by atomic mass is 9.92. The van der Waals surface area contributed by atoms with Crippen LogP contribution in [0.15, 0.2) is 139 Å². The number of thioether (sulfide) groups is 2. The zero-order chi connectivity index (χ0) is 58.3. The number of piperidine rings is 1. The average Bonchev–Trinajstić information content (AvgIpc) is 4.41. The minimum Gasteiger partial charge on any atom is -0.299 e. The largest absolute Gasteiger partial charge is 0.299 e. The lowest BCUT2D eigenvalue weighted by Gasteiger charge is -2.37. The second kappa shape index (κ2) is 27.7. The summed E-state index contributed by atoms with van der Waals surface area (Å²) in [4.78, 5) is 65.7. The molecule has 14 heteroatoms. The van der Waals surface area contributed by atoms with Crippen LogP contribution in [0.4, 0.5) is 17.6 Å². The van der Waals surface area contributed by atoms with E-state index in [2.05, 4.69) is 29.4 Å². The molecule has 5 unspecified atom stereocenters. The maximum Gasteiger partial charge on any atom is 0.212 e. The summed E-state index contributed by atoms with van der Waals surface area (Å²) in [6.45, 7) is 11.5. The van der Waals surface area contributed by atoms with Crippen molar-refractivity contribution in [2.24, 2.45) is 23.7 Å². The van der Waals surface area contributed by atoms with E-state index in [1.807, 2.05) is 29.5 Å². The highest BCUT2D eigenvalue weighted by atomic mass is 32.2. The van der Waals surface area contributed by atoms with Gasteiger partial charge < -0.3 is 0 Å². The molecule has 0 N–H and O–H groups in total. The molecule has 9 aliphatic rings. The minimum absolute atomic E-state index is 0.0112. The van der Waals surface area contributed by atoms with Gasteiger partial charge in [-0.25, -0.2) is 17.6 Å². The Morgan fingerprint density at radius 1 is 0.566 bits per heavy atom. The first-order chi connectivity index (χ1) is 40.1. The molecular formula is C69H74F4N2O5S3. The van der Waals surface area contributed by atoms with Gasteiger partial charge in [0.25, 0.3) is 0 Å². The van der Waals surface area contributed by atoms with E-state index in [1.54, 1.807) is 79.7 Å². The Hall–Kier alpha value is -5.51. The molecule has 5 heterocycles. The summed E-state index contributed by atoms with van der Waals surface area (Å²) in [5.41, 5.74) is 7.43. The number of Topliss-reactive ketones (excluding diaryl/α,β-unsaturated/α-hetero) is 3. The van der Waals surface area contributed by atoms with Crippen LogP contribution in [0.2, 0.25) is 0 Å². The molecule has 6 fully saturated rings. The van der Waals surface area contributed by atoms with Gasteiger partial charge in [0.05, 0.1) is 12.1 Å². The fourth-order valence-electron chi connectivity index (χ4n) is 12.0. The van der Waals surface area contributed by atoms with Crippen LogP contribution in [-0.4, -0.2) is 67.5 Å². The van der Waals surface area contributed by atoms with Crippen LogP contribution < -0.4 is 0 Å². The Labute approximate surface area is 498 Å². The van der Waals surface area contributed by atoms with Crippen LogP contribution in [0.1, 0.15) is 146 Å². The molecule has 83 heavy (non-hydrogen) atoms. The number of nitrogens with zero attached hydrogens (tertiary/aromatic N) is 2. The summed E-state index contributed by atoms with van der Waals surface area (Å²) >= 11 is 4.80. The van der Waals surface area contributed by atoms with Crippen molar-refractivity contribution < 1.29 is 41.5 Å². The summed E-state index contributed by atoms with van der Waals surface area (Å²) in [7, 11) is 0. The highest BCUT2D eigenvalue weighted by Gasteiger charge is 2.43. The van der Waals surface area contributed by atoms with E-state index in [0.717, 1.165) is 82.1 Å². The molecule has 14 rings (SSSR count). The van der Waals surface area contributed by atoms with Crippen molar-refractivity contribution in [1.82, 2.24) is 9.80 Å². The molecule has 5 aliphatic carbocycles. The second-order valence-electron chi connectivity index (χ2n) is 23.6. The molecule has 5 saturated carbocycles. The van der Waals surface area contributed by atoms with Crippen molar-refractivity contribution in [1.29, 1.82) is 0 Å². The molecule has 5 aromatic rings. The molecule has 5 atom stereocenters. The summed E-state index contributed by atoms with van der Waals surface area (Å²) in [5, 5.41) is 1.20. The third-order valence-corrected chi connectivity index (χ3v) is 20.7. The predicted octanol–water partition coefficient (Wildman–Crippen LogP) is 15.8. The normalized spacial score (nSPS) is 21.9. The Kier molecular flexibility index (Phi) is 20.2. The molecule has 1 aromatic heterocycles. The second-order valence-corrected chi connectivity index (χ2v) is 27.4. The molecule has 0 spiro atoms. The highest BCUT2D eigenvalue weighted by Crippen LogP contribution is 2.47. The van der Waals surface area contributed by atoms with E-state index >= 15 is 0 Å². The van der Waals surface area contributed by atoms with E-state index in [4.69, 9.17) is 0 Å². The van der Waals surface area contributed by atoms with Crippen molar-refractivity contribution in [3.05, 3.63) is 199 Å². The van der Waals surface area contributed by atoms with Gasteiger partial charge in [0.1, 0.15) is 34.8 Å². The number of carbonyl (C=O) groups excluding carboxylic acids is 5. The molecule has 436 valence electrons. The van der Waals surface area contributed by atoms with Crippen molar-refractivity contribution in [2.45, 2.75) is 145 Å². The first-order valence-electron chi connectivity index (χ1n) is 29.7. The fourth-order valence-corrected chi connectivity index (χ4v) is 15.1. The number of ketones is 3. The van der Waals surface area contributed by atoms with Crippen LogP contribution >= 0.6 is 34.9 Å². The van der Waals surface area contributed by atoms with Crippen LogP contribution in [-0.2, 0) is 43.4 Å². The van der Waals surface area contributed by atoms with E-state index in [-0.39, 0.29) is 92.2 Å². The van der Waals surface area contributed by atoms with Crippen LogP contribution in [0.3, 0.4) is 0 Å². The summed E-state index contributed by atoms with van der Waals surface area (Å²) in [6, 6.07) is 28.6. The number of thiophene rings is 1. The Bertz CT molecular complexity index is 3280. The SMILES string of the molecule is C=C(C1CC1)C(c1ccccc1F)N1CCc2sc(C)cc2C1.CC(C(=O)C1CC1)c1ccccc1F.O=C(Cc1ccccc1F)C1CC1.O=C1C=C2CCCCC2S1.O=C1C=C2CN(C(C(=O)C3CC3)c3ccccc3F)CCC2S1. The van der Waals surface area contributed by atoms with Gasteiger partial charge in [-0.3, -0.25) is 33.8 Å². The average molecular weight is 1180 g/mol. The Morgan fingerprint density at radius 3 is 1.66 bits per heavy atom. The Balaban J connectivity index is 0.000000120. The number of carbonyl (C=O) groups is 5. The first-order valence-corrected chi connectivity index (χ1v) is 32.3. The topological polar surface area (TPSA) is 91.8 Å². The maximum absolute atomic E-state index is 14.5. The van der Waals surface area contributed by atoms with Gasteiger partial charge >= 0.3 is 0 Å². The Morgan fingerprint density at radius 2 is 1.08 bits per heavy atom. The van der Waals surface area contributed by atoms with E-state index < -0.39 is 6.04 Å². The molecule has 0 radical (unpaired) electrons. The standard InChI is InChI=1S/C20H22FNS.C18H18FNO2S.C12H13FO.C11H11FO.C8H10OS/c1-13-11-16-12-22(10-9-19(16)23-13)20(14(2)15-7-8-15)17-5-3-4-6-18(17)21;19-14-4-2-1-3-13(14)17(18(22)11-5-6-11)20-8-7-15-12(10-20)9-16(21)23-15;1-8(12(14)9-6-7-9)10-4-2-3-5-11(10)13;12-10-4-2-1-3-9(10)7-11(13)8-5-6-8;9-8-5-6-3-1-2-4-7(6)10-8/h3-6,11,15,20H,2,7-10,12H2,1H3;1-4,9,11,15,17H,5-8,10H2;2-5,8-9H,6-7H2,1H3;1-4,8H,5-7H2;5,7H,1-4H2. The van der Waals surface area contributed by atoms with Gasteiger partial charge in [-0.2, -0.15) is 0 Å². The lowest BCUT2D eigenvalue weighted by molar-refractivity contribution is -0.126. The van der Waals surface area contributed by atoms with Crippen LogP contribution in [0, 0.1) is 53.9 Å². The smallest absolute Gasteiger partial charge is 0.212 e. The zero-order valence-corrected chi connectivity index (χ0v) is 49.9. The summed E-state index contributed by atoms with van der Waals surface area (Å²) < 4.78 is 55.2. The van der Waals surface area contributed by atoms with Crippen molar-refractivity contribution in [3.63, 3.8) is 0 Å². The fraction of sp³-hybridized carbons (Fsp3) is 0.435. The lowest BCUT2D eigenvalue weighted by Crippen LogP contribution is -2.42. The van der Waals surface area contributed by atoms with Crippen LogP contribution in [0.5, 0.6) is 0 Å². The number of aryl methyl sites for hydroxylation is 1. The predicted molar refractivity (Wildman–Crippen MR) is 325 cm³/mol. The van der Waals surface area contributed by atoms with Gasteiger partial charge in [-0.05, 0) is 161 Å². The van der Waals surface area contributed by atoms with Gasteiger partial charge in [-0.15, -0.1) is 11.3 Å². The van der Waals surface area contributed by atoms with Crippen molar-refractivity contribution in [2.75, 3.05) is 19.6 Å². The molecular weight excluding hydrogens is 1110 g/mol. The number of benzene rings is 4. The third-order valence-electron chi connectivity index (χ3n) is 17.2. The minimum atomic E-state index is -0.522. The van der Waals surface area contributed by atoms with Crippen molar-refractivity contribution >= 4 is 62.4 Å². The molecule has 4 aliphatic heterocycles. The zero-order valence-electron chi connectivity index (χ0n) is 47.5. The number of likely N-dealkylation sites (tertiary alicyclic amines) is 1. The van der Waals surface area contributed by atoms with E-state index in [0.29, 0.717) is 34.4 Å². The van der Waals surface area contributed by atoms with E-state index in [9.17, 15) is 41.5 Å². The summed E-state index contributed by atoms with van der Waals surface area (Å²) in [5.74, 6) is 0.326. The molecule has 7 nitrogen and oxygen atoms in total. The molecule has 4 aromatic carbocycles. The quantitative estimate of drug-likeness (QED) is 0.0796. The third kappa shape index (κ3) is 15.9. The van der Waals surface area contributed by atoms with Gasteiger partial charge in [0.15, 0.2) is 5.78 Å². The van der Waals surface area contributed by atoms with E-state index in [1.165, 1.54) is 107 Å².